The summed E-state index contributed by atoms with van der Waals surface area (Å²) in [6.45, 7) is 3.98. The Morgan fingerprint density at radius 2 is 2.00 bits per heavy atom. The van der Waals surface area contributed by atoms with Crippen molar-refractivity contribution >= 4 is 27.3 Å². The first kappa shape index (κ1) is 16.4. The molecule has 0 radical (unpaired) electrons. The van der Waals surface area contributed by atoms with E-state index in [0.29, 0.717) is 15.9 Å². The number of hydrogen-bond acceptors (Lipinski definition) is 6. The van der Waals surface area contributed by atoms with Gasteiger partial charge in [-0.1, -0.05) is 0 Å². The topological polar surface area (TPSA) is 75.2 Å². The molecule has 8 heteroatoms. The van der Waals surface area contributed by atoms with Crippen molar-refractivity contribution in [1.82, 2.24) is 14.7 Å². The van der Waals surface area contributed by atoms with Crippen molar-refractivity contribution in [2.75, 3.05) is 18.0 Å². The first-order valence-corrected chi connectivity index (χ1v) is 9.97. The zero-order valence-electron chi connectivity index (χ0n) is 13.0. The van der Waals surface area contributed by atoms with Crippen molar-refractivity contribution in [1.29, 1.82) is 0 Å². The van der Waals surface area contributed by atoms with Gasteiger partial charge >= 0.3 is 0 Å². The molecule has 0 unspecified atom stereocenters. The molecule has 0 bridgehead atoms. The second-order valence-corrected chi connectivity index (χ2v) is 8.87. The van der Waals surface area contributed by atoms with Crippen LogP contribution in [0.15, 0.2) is 28.6 Å². The van der Waals surface area contributed by atoms with Crippen LogP contribution in [0.3, 0.4) is 0 Å². The van der Waals surface area contributed by atoms with Crippen LogP contribution in [0.25, 0.3) is 0 Å². The summed E-state index contributed by atoms with van der Waals surface area (Å²) in [7, 11) is -3.48. The summed E-state index contributed by atoms with van der Waals surface area (Å²) in [6, 6.07) is 5.18. The summed E-state index contributed by atoms with van der Waals surface area (Å²) in [5.74, 6) is 0.688. The van der Waals surface area contributed by atoms with Crippen LogP contribution < -0.4 is 9.62 Å². The minimum absolute atomic E-state index is 0.169. The third-order valence-electron chi connectivity index (χ3n) is 3.76. The molecule has 124 valence electrons. The highest BCUT2D eigenvalue weighted by molar-refractivity contribution is 7.91. The van der Waals surface area contributed by atoms with Crippen molar-refractivity contribution in [2.24, 2.45) is 0 Å². The smallest absolute Gasteiger partial charge is 0.250 e. The fourth-order valence-electron chi connectivity index (χ4n) is 2.53. The highest BCUT2D eigenvalue weighted by Crippen LogP contribution is 2.20. The van der Waals surface area contributed by atoms with E-state index >= 15 is 0 Å². The van der Waals surface area contributed by atoms with Crippen molar-refractivity contribution in [2.45, 2.75) is 36.9 Å². The van der Waals surface area contributed by atoms with Gasteiger partial charge in [-0.2, -0.15) is 0 Å². The molecule has 0 spiro atoms. The summed E-state index contributed by atoms with van der Waals surface area (Å²) in [6.07, 6.45) is 5.24. The molecule has 0 atom stereocenters. The lowest BCUT2D eigenvalue weighted by molar-refractivity contribution is 0.566. The number of aromatic nitrogens is 2. The molecule has 1 fully saturated rings. The maximum absolute atomic E-state index is 12.3. The summed E-state index contributed by atoms with van der Waals surface area (Å²) < 4.78 is 27.4. The molecule has 0 aromatic carbocycles. The maximum atomic E-state index is 12.3. The monoisotopic (exact) mass is 352 g/mol. The van der Waals surface area contributed by atoms with Gasteiger partial charge in [0.25, 0.3) is 0 Å². The van der Waals surface area contributed by atoms with Crippen LogP contribution in [0, 0.1) is 6.92 Å². The molecule has 1 N–H and O–H groups in total. The first-order valence-electron chi connectivity index (χ1n) is 7.67. The second-order valence-electron chi connectivity index (χ2n) is 5.59. The van der Waals surface area contributed by atoms with Gasteiger partial charge in [0.05, 0.1) is 12.2 Å². The van der Waals surface area contributed by atoms with E-state index in [-0.39, 0.29) is 6.54 Å². The normalized spacial score (nSPS) is 15.8. The molecule has 1 saturated heterocycles. The van der Waals surface area contributed by atoms with Crippen molar-refractivity contribution in [3.63, 3.8) is 0 Å². The van der Waals surface area contributed by atoms with Gasteiger partial charge in [-0.3, -0.25) is 0 Å². The predicted octanol–water partition coefficient (Wildman–Crippen LogP) is 2.32. The van der Waals surface area contributed by atoms with Crippen LogP contribution in [0.5, 0.6) is 0 Å². The summed E-state index contributed by atoms with van der Waals surface area (Å²) in [5, 5.41) is 0. The second kappa shape index (κ2) is 6.94. The van der Waals surface area contributed by atoms with Crippen LogP contribution in [0.4, 0.5) is 5.95 Å². The van der Waals surface area contributed by atoms with Gasteiger partial charge in [0.1, 0.15) is 4.21 Å². The Balaban J connectivity index is 1.68. The highest BCUT2D eigenvalue weighted by Gasteiger charge is 2.17. The number of rotatable bonds is 5. The molecule has 1 aliphatic heterocycles. The lowest BCUT2D eigenvalue weighted by Crippen LogP contribution is -2.31. The molecule has 2 aromatic rings. The van der Waals surface area contributed by atoms with E-state index in [1.807, 2.05) is 6.92 Å². The molecule has 1 aliphatic rings. The van der Waals surface area contributed by atoms with E-state index in [1.165, 1.54) is 17.8 Å². The molecule has 2 aromatic heterocycles. The number of anilines is 1. The molecule has 3 heterocycles. The molecule has 0 aliphatic carbocycles. The van der Waals surface area contributed by atoms with Gasteiger partial charge in [-0.05, 0) is 44.4 Å². The van der Waals surface area contributed by atoms with E-state index in [4.69, 9.17) is 0 Å². The number of nitrogens with one attached hydrogen (secondary N) is 1. The Morgan fingerprint density at radius 3 is 2.70 bits per heavy atom. The number of hydrogen-bond donors (Lipinski definition) is 1. The Bertz CT molecular complexity index is 767. The van der Waals surface area contributed by atoms with Crippen LogP contribution >= 0.6 is 11.3 Å². The molecule has 0 saturated carbocycles. The average Bonchev–Trinajstić information content (AvgIpc) is 3.02. The van der Waals surface area contributed by atoms with Crippen LogP contribution in [0.2, 0.25) is 0 Å². The summed E-state index contributed by atoms with van der Waals surface area (Å²) in [5.41, 5.74) is 0.678. The molecular formula is C15H20N4O2S2. The third-order valence-corrected chi connectivity index (χ3v) is 6.66. The minimum Gasteiger partial charge on any atom is -0.341 e. The van der Waals surface area contributed by atoms with Crippen LogP contribution in [0.1, 0.15) is 29.8 Å². The van der Waals surface area contributed by atoms with Crippen molar-refractivity contribution < 1.29 is 8.42 Å². The Hall–Kier alpha value is -1.51. The third kappa shape index (κ3) is 4.07. The fraction of sp³-hybridized carbons (Fsp3) is 0.467. The largest absolute Gasteiger partial charge is 0.341 e. The summed E-state index contributed by atoms with van der Waals surface area (Å²) >= 11 is 1.26. The average molecular weight is 352 g/mol. The van der Waals surface area contributed by atoms with Gasteiger partial charge < -0.3 is 4.90 Å². The van der Waals surface area contributed by atoms with Gasteiger partial charge in [0.2, 0.25) is 16.0 Å². The molecule has 0 amide bonds. The van der Waals surface area contributed by atoms with Gasteiger partial charge in [0.15, 0.2) is 0 Å². The predicted molar refractivity (Wildman–Crippen MR) is 91.2 cm³/mol. The number of thiophene rings is 1. The molecule has 23 heavy (non-hydrogen) atoms. The fourth-order valence-corrected chi connectivity index (χ4v) is 4.85. The Kier molecular flexibility index (Phi) is 4.93. The molecule has 6 nitrogen and oxygen atoms in total. The number of aryl methyl sites for hydroxylation is 1. The van der Waals surface area contributed by atoms with Gasteiger partial charge in [-0.15, -0.1) is 11.3 Å². The van der Waals surface area contributed by atoms with Gasteiger partial charge in [0, 0.05) is 24.2 Å². The lowest BCUT2D eigenvalue weighted by atomic mass is 10.1. The van der Waals surface area contributed by atoms with Crippen molar-refractivity contribution in [3.05, 3.63) is 35.0 Å². The lowest BCUT2D eigenvalue weighted by Gasteiger charge is -2.26. The van der Waals surface area contributed by atoms with E-state index in [1.54, 1.807) is 24.4 Å². The van der Waals surface area contributed by atoms with E-state index in [0.717, 1.165) is 30.8 Å². The van der Waals surface area contributed by atoms with Crippen LogP contribution in [-0.4, -0.2) is 31.5 Å². The number of nitrogens with zero attached hydrogens (tertiary/aromatic N) is 3. The number of sulfonamides is 1. The quantitative estimate of drug-likeness (QED) is 0.894. The maximum Gasteiger partial charge on any atom is 0.250 e. The zero-order valence-corrected chi connectivity index (χ0v) is 14.7. The minimum atomic E-state index is -3.48. The molecular weight excluding hydrogens is 332 g/mol. The van der Waals surface area contributed by atoms with Crippen LogP contribution in [-0.2, 0) is 16.6 Å². The SMILES string of the molecule is Cc1ccc(S(=O)(=O)NCc2ccnc(N3CCCCC3)n2)s1. The van der Waals surface area contributed by atoms with E-state index < -0.39 is 10.0 Å². The standard InChI is InChI=1S/C15H20N4O2S2/c1-12-5-6-14(22-12)23(20,21)17-11-13-7-8-16-15(18-13)19-9-3-2-4-10-19/h5-8,17H,2-4,9-11H2,1H3. The van der Waals surface area contributed by atoms with Gasteiger partial charge in [-0.25, -0.2) is 23.1 Å². The van der Waals surface area contributed by atoms with Crippen molar-refractivity contribution in [3.8, 4) is 0 Å². The highest BCUT2D eigenvalue weighted by atomic mass is 32.2. The zero-order chi connectivity index (χ0) is 16.3. The number of piperidine rings is 1. The Morgan fingerprint density at radius 1 is 1.22 bits per heavy atom. The molecule has 3 rings (SSSR count). The van der Waals surface area contributed by atoms with E-state index in [2.05, 4.69) is 19.6 Å². The van der Waals surface area contributed by atoms with E-state index in [9.17, 15) is 8.42 Å². The summed E-state index contributed by atoms with van der Waals surface area (Å²) in [4.78, 5) is 11.9. The first-order chi connectivity index (χ1) is 11.0. The Labute approximate surface area is 140 Å².